The summed E-state index contributed by atoms with van der Waals surface area (Å²) in [4.78, 5) is 32.7. The first-order valence-corrected chi connectivity index (χ1v) is 8.65. The lowest BCUT2D eigenvalue weighted by Crippen LogP contribution is -2.61. The highest BCUT2D eigenvalue weighted by Gasteiger charge is 2.58. The van der Waals surface area contributed by atoms with Crippen LogP contribution in [0.5, 0.6) is 0 Å². The number of amides is 2. The van der Waals surface area contributed by atoms with Crippen molar-refractivity contribution in [3.8, 4) is 0 Å². The smallest absolute Gasteiger partial charge is 0.272 e. The Morgan fingerprint density at radius 3 is 2.46 bits per heavy atom. The van der Waals surface area contributed by atoms with Crippen LogP contribution in [0, 0.1) is 19.3 Å². The van der Waals surface area contributed by atoms with E-state index in [0.717, 1.165) is 5.69 Å². The van der Waals surface area contributed by atoms with Crippen LogP contribution in [0.4, 0.5) is 0 Å². The first-order valence-electron chi connectivity index (χ1n) is 8.65. The second-order valence-corrected chi connectivity index (χ2v) is 7.45. The molecule has 9 nitrogen and oxygen atoms in total. The number of carbonyl (C=O) groups is 2. The Bertz CT molecular complexity index is 879. The van der Waals surface area contributed by atoms with Crippen molar-refractivity contribution < 1.29 is 14.1 Å². The molecule has 138 valence electrons. The molecule has 2 fully saturated rings. The van der Waals surface area contributed by atoms with Gasteiger partial charge in [0.25, 0.3) is 5.91 Å². The normalized spacial score (nSPS) is 21.3. The average Bonchev–Trinajstić information content (AvgIpc) is 3.21. The van der Waals surface area contributed by atoms with Crippen LogP contribution in [0.2, 0.25) is 0 Å². The van der Waals surface area contributed by atoms with Crippen LogP contribution in [0.3, 0.4) is 0 Å². The molecule has 2 aliphatic heterocycles. The zero-order valence-electron chi connectivity index (χ0n) is 15.4. The maximum Gasteiger partial charge on any atom is 0.272 e. The van der Waals surface area contributed by atoms with Crippen molar-refractivity contribution in [1.82, 2.24) is 29.7 Å². The highest BCUT2D eigenvalue weighted by Crippen LogP contribution is 2.49. The number of hydrogen-bond donors (Lipinski definition) is 0. The summed E-state index contributed by atoms with van der Waals surface area (Å²) in [7, 11) is 1.77. The number of hydrogen-bond acceptors (Lipinski definition) is 6. The molecule has 2 amide bonds. The Hall–Kier alpha value is -2.71. The zero-order valence-corrected chi connectivity index (χ0v) is 15.4. The Balaban J connectivity index is 1.56. The van der Waals surface area contributed by atoms with Gasteiger partial charge in [0.1, 0.15) is 5.69 Å². The third-order valence-electron chi connectivity index (χ3n) is 5.45. The van der Waals surface area contributed by atoms with E-state index in [2.05, 4.69) is 15.2 Å². The van der Waals surface area contributed by atoms with Crippen LogP contribution < -0.4 is 0 Å². The molecule has 0 bridgehead atoms. The van der Waals surface area contributed by atoms with Gasteiger partial charge in [-0.25, -0.2) is 0 Å². The summed E-state index contributed by atoms with van der Waals surface area (Å²) in [5, 5.41) is 8.13. The van der Waals surface area contributed by atoms with E-state index in [4.69, 9.17) is 4.52 Å². The number of aryl methyl sites for hydroxylation is 3. The molecule has 2 aromatic rings. The van der Waals surface area contributed by atoms with E-state index in [9.17, 15) is 9.59 Å². The lowest BCUT2D eigenvalue weighted by molar-refractivity contribution is -0.128. The molecule has 1 spiro atoms. The van der Waals surface area contributed by atoms with Gasteiger partial charge in [-0.3, -0.25) is 14.3 Å². The van der Waals surface area contributed by atoms with Crippen molar-refractivity contribution in [2.45, 2.75) is 26.7 Å². The quantitative estimate of drug-likeness (QED) is 0.776. The van der Waals surface area contributed by atoms with Gasteiger partial charge in [-0.15, -0.1) is 0 Å². The molecule has 4 heterocycles. The maximum absolute atomic E-state index is 12.8. The van der Waals surface area contributed by atoms with Crippen molar-refractivity contribution >= 4 is 11.8 Å². The van der Waals surface area contributed by atoms with Gasteiger partial charge >= 0.3 is 0 Å². The van der Waals surface area contributed by atoms with Gasteiger partial charge in [0.2, 0.25) is 11.8 Å². The molecule has 0 saturated carbocycles. The van der Waals surface area contributed by atoms with E-state index in [1.165, 1.54) is 0 Å². The Morgan fingerprint density at radius 2 is 1.92 bits per heavy atom. The van der Waals surface area contributed by atoms with Crippen LogP contribution in [-0.2, 0) is 11.8 Å². The number of nitrogens with zero attached hydrogens (tertiary/aromatic N) is 6. The lowest BCUT2D eigenvalue weighted by atomic mass is 9.71. The third-order valence-corrected chi connectivity index (χ3v) is 5.45. The molecule has 26 heavy (non-hydrogen) atoms. The second kappa shape index (κ2) is 5.65. The minimum absolute atomic E-state index is 0.0233. The summed E-state index contributed by atoms with van der Waals surface area (Å²) in [6, 6.07) is 1.79. The minimum Gasteiger partial charge on any atom is -0.341 e. The maximum atomic E-state index is 12.8. The Morgan fingerprint density at radius 1 is 1.23 bits per heavy atom. The molecule has 2 saturated heterocycles. The monoisotopic (exact) mass is 358 g/mol. The molecule has 9 heteroatoms. The van der Waals surface area contributed by atoms with Crippen molar-refractivity contribution in [2.24, 2.45) is 12.5 Å². The molecule has 2 aromatic heterocycles. The summed E-state index contributed by atoms with van der Waals surface area (Å²) < 4.78 is 7.00. The number of likely N-dealkylation sites (tertiary alicyclic amines) is 2. The van der Waals surface area contributed by atoms with Crippen molar-refractivity contribution in [3.63, 3.8) is 0 Å². The molecule has 0 aliphatic carbocycles. The molecule has 4 rings (SSSR count). The number of aromatic nitrogens is 4. The average molecular weight is 358 g/mol. The predicted octanol–water partition coefficient (Wildman–Crippen LogP) is 0.508. The Kier molecular flexibility index (Phi) is 3.64. The first-order chi connectivity index (χ1) is 12.3. The fourth-order valence-electron chi connectivity index (χ4n) is 4.15. The third kappa shape index (κ3) is 2.49. The fraction of sp³-hybridized carbons (Fsp3) is 0.588. The highest BCUT2D eigenvalue weighted by molar-refractivity contribution is 5.93. The van der Waals surface area contributed by atoms with Gasteiger partial charge in [-0.2, -0.15) is 10.1 Å². The van der Waals surface area contributed by atoms with Gasteiger partial charge in [0.05, 0.1) is 11.6 Å². The van der Waals surface area contributed by atoms with Gasteiger partial charge in [0.15, 0.2) is 5.82 Å². The first kappa shape index (κ1) is 16.7. The van der Waals surface area contributed by atoms with E-state index in [1.807, 2.05) is 6.92 Å². The van der Waals surface area contributed by atoms with Crippen molar-refractivity contribution in [3.05, 3.63) is 29.2 Å². The van der Waals surface area contributed by atoms with E-state index >= 15 is 0 Å². The van der Waals surface area contributed by atoms with Crippen LogP contribution in [0.25, 0.3) is 0 Å². The standard InChI is InChI=1S/C17H22N6O3/c1-10-5-14(21(4)19-10)16(25)23-8-17(9-23)7-22(12(3)24)6-13(17)15-18-11(2)20-26-15/h5,13H,6-9H2,1-4H3. The van der Waals surface area contributed by atoms with Crippen LogP contribution in [0.15, 0.2) is 10.6 Å². The van der Waals surface area contributed by atoms with Crippen LogP contribution in [-0.4, -0.2) is 67.7 Å². The molecule has 0 aromatic carbocycles. The Labute approximate surface area is 150 Å². The number of rotatable bonds is 2. The summed E-state index contributed by atoms with van der Waals surface area (Å²) in [6.07, 6.45) is 0. The van der Waals surface area contributed by atoms with Gasteiger partial charge in [0, 0.05) is 45.6 Å². The van der Waals surface area contributed by atoms with E-state index in [1.54, 1.807) is 41.4 Å². The van der Waals surface area contributed by atoms with Crippen LogP contribution >= 0.6 is 0 Å². The summed E-state index contributed by atoms with van der Waals surface area (Å²) in [5.74, 6) is 1.06. The molecular formula is C17H22N6O3. The lowest BCUT2D eigenvalue weighted by Gasteiger charge is -2.49. The van der Waals surface area contributed by atoms with Gasteiger partial charge in [-0.1, -0.05) is 5.16 Å². The molecule has 0 N–H and O–H groups in total. The minimum atomic E-state index is -0.228. The van der Waals surface area contributed by atoms with E-state index in [-0.39, 0.29) is 23.1 Å². The molecule has 1 atom stereocenters. The van der Waals surface area contributed by atoms with Gasteiger partial charge < -0.3 is 14.3 Å². The fourth-order valence-corrected chi connectivity index (χ4v) is 4.15. The predicted molar refractivity (Wildman–Crippen MR) is 90.3 cm³/mol. The summed E-state index contributed by atoms with van der Waals surface area (Å²) in [6.45, 7) is 7.47. The summed E-state index contributed by atoms with van der Waals surface area (Å²) in [5.41, 5.74) is 1.16. The topological polar surface area (TPSA) is 97.4 Å². The van der Waals surface area contributed by atoms with Crippen molar-refractivity contribution in [2.75, 3.05) is 26.2 Å². The SMILES string of the molecule is CC(=O)N1CC(c2nc(C)no2)C2(C1)CN(C(=O)c1cc(C)nn1C)C2. The van der Waals surface area contributed by atoms with E-state index in [0.29, 0.717) is 43.6 Å². The largest absolute Gasteiger partial charge is 0.341 e. The summed E-state index contributed by atoms with van der Waals surface area (Å²) >= 11 is 0. The van der Waals surface area contributed by atoms with E-state index < -0.39 is 0 Å². The zero-order chi connectivity index (χ0) is 18.6. The van der Waals surface area contributed by atoms with Gasteiger partial charge in [-0.05, 0) is 19.9 Å². The highest BCUT2D eigenvalue weighted by atomic mass is 16.5. The molecule has 1 unspecified atom stereocenters. The molecule has 0 radical (unpaired) electrons. The van der Waals surface area contributed by atoms with Crippen LogP contribution in [0.1, 0.15) is 40.7 Å². The second-order valence-electron chi connectivity index (χ2n) is 7.45. The van der Waals surface area contributed by atoms with Crippen molar-refractivity contribution in [1.29, 1.82) is 0 Å². The molecule has 2 aliphatic rings. The number of carbonyl (C=O) groups excluding carboxylic acids is 2. The molecular weight excluding hydrogens is 336 g/mol.